The molecule has 1 spiro atoms. The summed E-state index contributed by atoms with van der Waals surface area (Å²) in [5.41, 5.74) is 4.96. The fourth-order valence-corrected chi connectivity index (χ4v) is 5.49. The molecule has 0 saturated heterocycles. The van der Waals surface area contributed by atoms with Gasteiger partial charge in [0.1, 0.15) is 5.75 Å². The summed E-state index contributed by atoms with van der Waals surface area (Å²) < 4.78 is 6.98. The number of nitrogens with zero attached hydrogens (tertiary/aromatic N) is 1. The molecule has 30 heavy (non-hydrogen) atoms. The molecule has 2 aliphatic heterocycles. The van der Waals surface area contributed by atoms with Crippen LogP contribution in [0, 0.1) is 0 Å². The van der Waals surface area contributed by atoms with Crippen LogP contribution in [0.3, 0.4) is 0 Å². The Hall–Kier alpha value is -3.10. The number of hydrogen-bond donors (Lipinski definition) is 0. The maximum atomic E-state index is 6.98. The second-order valence-electron chi connectivity index (χ2n) is 8.58. The van der Waals surface area contributed by atoms with Crippen LogP contribution in [-0.2, 0) is 12.1 Å². The van der Waals surface area contributed by atoms with E-state index in [2.05, 4.69) is 103 Å². The van der Waals surface area contributed by atoms with Crippen LogP contribution < -0.4 is 4.74 Å². The van der Waals surface area contributed by atoms with Crippen molar-refractivity contribution in [1.82, 2.24) is 4.90 Å². The third-order valence-corrected chi connectivity index (χ3v) is 7.01. The van der Waals surface area contributed by atoms with Gasteiger partial charge in [0.05, 0.1) is 0 Å². The highest BCUT2D eigenvalue weighted by Crippen LogP contribution is 2.53. The molecular formula is C28H25NO. The lowest BCUT2D eigenvalue weighted by Crippen LogP contribution is -2.55. The molecule has 148 valence electrons. The van der Waals surface area contributed by atoms with Crippen LogP contribution in [0.15, 0.2) is 91.0 Å². The zero-order valence-electron chi connectivity index (χ0n) is 17.2. The van der Waals surface area contributed by atoms with Crippen molar-refractivity contribution in [3.05, 3.63) is 113 Å². The van der Waals surface area contributed by atoms with Gasteiger partial charge in [-0.1, -0.05) is 84.9 Å². The van der Waals surface area contributed by atoms with E-state index in [0.29, 0.717) is 0 Å². The van der Waals surface area contributed by atoms with E-state index >= 15 is 0 Å². The van der Waals surface area contributed by atoms with Crippen LogP contribution in [0.2, 0.25) is 0 Å². The molecule has 0 fully saturated rings. The number of hydrogen-bond acceptors (Lipinski definition) is 2. The Bertz CT molecular complexity index is 1230. The molecule has 4 aromatic carbocycles. The van der Waals surface area contributed by atoms with Crippen LogP contribution in [0.5, 0.6) is 5.75 Å². The van der Waals surface area contributed by atoms with E-state index in [0.717, 1.165) is 25.1 Å². The van der Waals surface area contributed by atoms with Crippen molar-refractivity contribution in [2.45, 2.75) is 24.5 Å². The fourth-order valence-electron chi connectivity index (χ4n) is 5.49. The van der Waals surface area contributed by atoms with Gasteiger partial charge in [-0.15, -0.1) is 0 Å². The first-order valence-corrected chi connectivity index (χ1v) is 10.8. The molecule has 0 unspecified atom stereocenters. The van der Waals surface area contributed by atoms with Gasteiger partial charge in [-0.05, 0) is 41.4 Å². The van der Waals surface area contributed by atoms with Gasteiger partial charge < -0.3 is 4.74 Å². The molecule has 2 nitrogen and oxygen atoms in total. The van der Waals surface area contributed by atoms with Crippen LogP contribution in [0.25, 0.3) is 10.8 Å². The van der Waals surface area contributed by atoms with E-state index in [1.807, 2.05) is 0 Å². The molecule has 0 aliphatic carbocycles. The topological polar surface area (TPSA) is 12.5 Å². The second-order valence-corrected chi connectivity index (χ2v) is 8.58. The highest BCUT2D eigenvalue weighted by Gasteiger charge is 2.49. The third-order valence-electron chi connectivity index (χ3n) is 7.01. The van der Waals surface area contributed by atoms with E-state index in [-0.39, 0.29) is 5.92 Å². The summed E-state index contributed by atoms with van der Waals surface area (Å²) in [5.74, 6) is 1.28. The van der Waals surface area contributed by atoms with Crippen LogP contribution in [0.4, 0.5) is 0 Å². The van der Waals surface area contributed by atoms with Crippen LogP contribution in [-0.4, -0.2) is 18.5 Å². The molecule has 2 heterocycles. The Morgan fingerprint density at radius 2 is 1.60 bits per heavy atom. The van der Waals surface area contributed by atoms with E-state index in [9.17, 15) is 0 Å². The van der Waals surface area contributed by atoms with Crippen molar-refractivity contribution in [2.24, 2.45) is 0 Å². The first-order valence-electron chi connectivity index (χ1n) is 10.8. The summed E-state index contributed by atoms with van der Waals surface area (Å²) in [7, 11) is 2.21. The van der Waals surface area contributed by atoms with Crippen molar-refractivity contribution < 1.29 is 4.74 Å². The number of ether oxygens (including phenoxy) is 1. The quantitative estimate of drug-likeness (QED) is 0.389. The van der Waals surface area contributed by atoms with Crippen molar-refractivity contribution in [1.29, 1.82) is 0 Å². The Kier molecular flexibility index (Phi) is 3.97. The molecule has 2 aliphatic rings. The molecule has 0 radical (unpaired) electrons. The van der Waals surface area contributed by atoms with Gasteiger partial charge in [0, 0.05) is 30.0 Å². The minimum absolute atomic E-state index is 0.273. The van der Waals surface area contributed by atoms with E-state index in [1.165, 1.54) is 33.0 Å². The monoisotopic (exact) mass is 391 g/mol. The van der Waals surface area contributed by atoms with Crippen LogP contribution in [0.1, 0.15) is 34.6 Å². The molecular weight excluding hydrogens is 366 g/mol. The predicted octanol–water partition coefficient (Wildman–Crippen LogP) is 6.10. The van der Waals surface area contributed by atoms with Crippen molar-refractivity contribution in [3.63, 3.8) is 0 Å². The molecule has 0 N–H and O–H groups in total. The summed E-state index contributed by atoms with van der Waals surface area (Å²) in [6.45, 7) is 1.00. The lowest BCUT2D eigenvalue weighted by molar-refractivity contribution is -0.104. The molecule has 2 heteroatoms. The standard InChI is InChI=1S/C28H25NO/c1-29-18-17-22-12-6-8-14-25(22)28(29)19-24(20-9-3-2-4-10-20)27-23-13-7-5-11-21(23)15-16-26(27)30-28/h2-16,24H,17-19H2,1H3/t24-,28-/m1/s1. The summed E-state index contributed by atoms with van der Waals surface area (Å²) >= 11 is 0. The van der Waals surface area contributed by atoms with E-state index in [4.69, 9.17) is 4.74 Å². The number of benzene rings is 4. The number of fused-ring (bicyclic) bond motifs is 5. The molecule has 0 aromatic heterocycles. The highest BCUT2D eigenvalue weighted by molar-refractivity contribution is 5.89. The fraction of sp³-hybridized carbons (Fsp3) is 0.214. The predicted molar refractivity (Wildman–Crippen MR) is 122 cm³/mol. The van der Waals surface area contributed by atoms with Gasteiger partial charge in [0.2, 0.25) is 0 Å². The number of likely N-dealkylation sites (N-methyl/N-ethyl adjacent to an activating group) is 1. The maximum absolute atomic E-state index is 6.98. The molecule has 4 aromatic rings. The summed E-state index contributed by atoms with van der Waals surface area (Å²) in [5, 5.41) is 2.57. The lowest BCUT2D eigenvalue weighted by atomic mass is 9.75. The Morgan fingerprint density at radius 1 is 0.833 bits per heavy atom. The SMILES string of the molecule is CN1CCc2ccccc2[C@]12C[C@H](c1ccccc1)c1c(ccc3ccccc13)O2. The van der Waals surface area contributed by atoms with Gasteiger partial charge in [-0.3, -0.25) is 4.90 Å². The summed E-state index contributed by atoms with van der Waals surface area (Å²) in [6.07, 6.45) is 1.98. The minimum atomic E-state index is -0.440. The van der Waals surface area contributed by atoms with E-state index < -0.39 is 5.72 Å². The first kappa shape index (κ1) is 17.7. The molecule has 0 saturated carbocycles. The van der Waals surface area contributed by atoms with E-state index in [1.54, 1.807) is 0 Å². The smallest absolute Gasteiger partial charge is 0.190 e. The summed E-state index contributed by atoms with van der Waals surface area (Å²) in [6, 6.07) is 32.8. The van der Waals surface area contributed by atoms with Gasteiger partial charge in [0.25, 0.3) is 0 Å². The lowest BCUT2D eigenvalue weighted by Gasteiger charge is -2.51. The zero-order valence-corrected chi connectivity index (χ0v) is 17.2. The Balaban J connectivity index is 1.63. The average molecular weight is 392 g/mol. The largest absolute Gasteiger partial charge is 0.468 e. The third kappa shape index (κ3) is 2.54. The van der Waals surface area contributed by atoms with Gasteiger partial charge >= 0.3 is 0 Å². The maximum Gasteiger partial charge on any atom is 0.190 e. The normalized spacial score (nSPS) is 23.0. The minimum Gasteiger partial charge on any atom is -0.468 e. The van der Waals surface area contributed by atoms with Gasteiger partial charge in [0.15, 0.2) is 5.72 Å². The summed E-state index contributed by atoms with van der Waals surface area (Å²) in [4.78, 5) is 2.42. The Labute approximate surface area is 177 Å². The van der Waals surface area contributed by atoms with Crippen molar-refractivity contribution in [3.8, 4) is 5.75 Å². The van der Waals surface area contributed by atoms with Gasteiger partial charge in [-0.2, -0.15) is 0 Å². The molecule has 0 amide bonds. The second kappa shape index (κ2) is 6.72. The van der Waals surface area contributed by atoms with Gasteiger partial charge in [-0.25, -0.2) is 0 Å². The van der Waals surface area contributed by atoms with Crippen LogP contribution >= 0.6 is 0 Å². The zero-order chi connectivity index (χ0) is 20.1. The highest BCUT2D eigenvalue weighted by atomic mass is 16.5. The molecule has 0 bridgehead atoms. The van der Waals surface area contributed by atoms with Crippen molar-refractivity contribution in [2.75, 3.05) is 13.6 Å². The Morgan fingerprint density at radius 3 is 2.50 bits per heavy atom. The molecule has 2 atom stereocenters. The average Bonchev–Trinajstić information content (AvgIpc) is 2.81. The first-order chi connectivity index (χ1) is 14.8. The molecule has 6 rings (SSSR count). The number of rotatable bonds is 1. The van der Waals surface area contributed by atoms with Crippen molar-refractivity contribution >= 4 is 10.8 Å².